The van der Waals surface area contributed by atoms with E-state index in [2.05, 4.69) is 5.32 Å². The zero-order valence-corrected chi connectivity index (χ0v) is 24.0. The van der Waals surface area contributed by atoms with E-state index >= 15 is 0 Å². The molecule has 3 rings (SSSR count). The van der Waals surface area contributed by atoms with Crippen molar-refractivity contribution in [3.63, 3.8) is 0 Å². The SMILES string of the molecule is COCC1(C(=O)N[C@@](C)(c2ccccc2)[C@H](O)CN(CC(C)C)S(=O)(=O)c2ccc(F)c(Cl)c2)CCCC1. The molecule has 2 aromatic rings. The Hall–Kier alpha value is -2.04. The first kappa shape index (κ1) is 30.5. The summed E-state index contributed by atoms with van der Waals surface area (Å²) in [5.74, 6) is -1.03. The van der Waals surface area contributed by atoms with Gasteiger partial charge >= 0.3 is 0 Å². The fraction of sp³-hybridized carbons (Fsp3) is 0.536. The van der Waals surface area contributed by atoms with Crippen LogP contribution >= 0.6 is 11.6 Å². The normalized spacial score (nSPS) is 17.9. The number of carbonyl (C=O) groups is 1. The third-order valence-corrected chi connectivity index (χ3v) is 9.47. The molecule has 210 valence electrons. The number of rotatable bonds is 12. The number of ether oxygens (including phenoxy) is 1. The van der Waals surface area contributed by atoms with E-state index in [1.54, 1.807) is 38.3 Å². The van der Waals surface area contributed by atoms with E-state index in [4.69, 9.17) is 16.3 Å². The highest BCUT2D eigenvalue weighted by Crippen LogP contribution is 2.40. The molecule has 1 aliphatic carbocycles. The predicted molar refractivity (Wildman–Crippen MR) is 146 cm³/mol. The summed E-state index contributed by atoms with van der Waals surface area (Å²) in [6.45, 7) is 5.48. The second-order valence-corrected chi connectivity index (χ2v) is 13.1. The number of hydrogen-bond donors (Lipinski definition) is 2. The lowest BCUT2D eigenvalue weighted by Gasteiger charge is -2.41. The maximum atomic E-state index is 13.8. The third kappa shape index (κ3) is 6.57. The average Bonchev–Trinajstić information content (AvgIpc) is 3.35. The molecule has 10 heteroatoms. The van der Waals surface area contributed by atoms with E-state index in [1.165, 1.54) is 4.31 Å². The van der Waals surface area contributed by atoms with E-state index in [9.17, 15) is 22.7 Å². The summed E-state index contributed by atoms with van der Waals surface area (Å²) in [4.78, 5) is 13.5. The van der Waals surface area contributed by atoms with Gasteiger partial charge in [0.1, 0.15) is 5.82 Å². The summed E-state index contributed by atoms with van der Waals surface area (Å²) in [6, 6.07) is 12.2. The summed E-state index contributed by atoms with van der Waals surface area (Å²) in [5, 5.41) is 14.5. The molecule has 0 bridgehead atoms. The minimum absolute atomic E-state index is 0.0751. The quantitative estimate of drug-likeness (QED) is 0.386. The Bertz CT molecular complexity index is 1200. The maximum absolute atomic E-state index is 13.8. The Balaban J connectivity index is 1.99. The predicted octanol–water partition coefficient (Wildman–Crippen LogP) is 4.73. The molecular formula is C28H38ClFN2O5S. The number of halogens is 2. The number of aliphatic hydroxyl groups excluding tert-OH is 1. The van der Waals surface area contributed by atoms with Gasteiger partial charge in [0.25, 0.3) is 0 Å². The molecule has 2 atom stereocenters. The number of carbonyl (C=O) groups excluding carboxylic acids is 1. The lowest BCUT2D eigenvalue weighted by molar-refractivity contribution is -0.137. The minimum atomic E-state index is -4.15. The minimum Gasteiger partial charge on any atom is -0.389 e. The standard InChI is InChI=1S/C28H38ClFN2O5S/c1-20(2)17-32(38(35,36)22-12-13-24(30)23(29)16-22)18-25(33)27(3,21-10-6-5-7-11-21)31-26(34)28(19-37-4)14-8-9-15-28/h5-7,10-13,16,20,25,33H,8-9,14-15,17-19H2,1-4H3,(H,31,34)/t25-,27+/m1/s1. The van der Waals surface area contributed by atoms with Crippen LogP contribution in [-0.4, -0.2) is 56.6 Å². The van der Waals surface area contributed by atoms with Crippen LogP contribution in [0.1, 0.15) is 52.0 Å². The largest absolute Gasteiger partial charge is 0.389 e. The van der Waals surface area contributed by atoms with Crippen LogP contribution in [-0.2, 0) is 25.1 Å². The summed E-state index contributed by atoms with van der Waals surface area (Å²) in [6.07, 6.45) is 1.84. The van der Waals surface area contributed by atoms with Crippen LogP contribution in [0.25, 0.3) is 0 Å². The zero-order valence-electron chi connectivity index (χ0n) is 22.4. The average molecular weight is 569 g/mol. The lowest BCUT2D eigenvalue weighted by atomic mass is 9.81. The first-order valence-electron chi connectivity index (χ1n) is 12.9. The number of benzene rings is 2. The van der Waals surface area contributed by atoms with Crippen LogP contribution in [0.3, 0.4) is 0 Å². The van der Waals surface area contributed by atoms with Crippen LogP contribution in [0, 0.1) is 17.2 Å². The van der Waals surface area contributed by atoms with Crippen LogP contribution in [0.4, 0.5) is 4.39 Å². The number of nitrogens with zero attached hydrogens (tertiary/aromatic N) is 1. The second-order valence-electron chi connectivity index (χ2n) is 10.8. The molecule has 1 amide bonds. The third-order valence-electron chi connectivity index (χ3n) is 7.35. The number of methoxy groups -OCH3 is 1. The Labute approximate surface area is 230 Å². The van der Waals surface area contributed by atoms with E-state index in [-0.39, 0.29) is 41.4 Å². The van der Waals surface area contributed by atoms with Gasteiger partial charge in [-0.1, -0.05) is 68.6 Å². The maximum Gasteiger partial charge on any atom is 0.243 e. The van der Waals surface area contributed by atoms with Gasteiger partial charge in [0.05, 0.1) is 33.6 Å². The van der Waals surface area contributed by atoms with Crippen molar-refractivity contribution >= 4 is 27.5 Å². The van der Waals surface area contributed by atoms with E-state index in [0.717, 1.165) is 31.0 Å². The van der Waals surface area contributed by atoms with Crippen molar-refractivity contribution in [3.8, 4) is 0 Å². The smallest absolute Gasteiger partial charge is 0.243 e. The fourth-order valence-electron chi connectivity index (χ4n) is 5.11. The molecule has 0 radical (unpaired) electrons. The first-order chi connectivity index (χ1) is 17.9. The highest BCUT2D eigenvalue weighted by molar-refractivity contribution is 7.89. The highest BCUT2D eigenvalue weighted by Gasteiger charge is 2.47. The molecule has 0 heterocycles. The molecular weight excluding hydrogens is 531 g/mol. The molecule has 2 N–H and O–H groups in total. The monoisotopic (exact) mass is 568 g/mol. The van der Waals surface area contributed by atoms with Crippen LogP contribution in [0.5, 0.6) is 0 Å². The van der Waals surface area contributed by atoms with Crippen molar-refractivity contribution in [2.75, 3.05) is 26.8 Å². The Kier molecular flexibility index (Phi) is 9.97. The Morgan fingerprint density at radius 1 is 1.18 bits per heavy atom. The molecule has 0 saturated heterocycles. The van der Waals surface area contributed by atoms with Gasteiger partial charge in [-0.2, -0.15) is 4.31 Å². The topological polar surface area (TPSA) is 95.9 Å². The van der Waals surface area contributed by atoms with E-state index < -0.39 is 32.9 Å². The first-order valence-corrected chi connectivity index (χ1v) is 14.7. The van der Waals surface area contributed by atoms with Crippen molar-refractivity contribution in [1.82, 2.24) is 9.62 Å². The van der Waals surface area contributed by atoms with Crippen molar-refractivity contribution in [2.45, 2.75) is 63.0 Å². The van der Waals surface area contributed by atoms with Gasteiger partial charge in [0.2, 0.25) is 15.9 Å². The highest BCUT2D eigenvalue weighted by atomic mass is 35.5. The number of amides is 1. The van der Waals surface area contributed by atoms with Crippen LogP contribution in [0.2, 0.25) is 5.02 Å². The van der Waals surface area contributed by atoms with Crippen molar-refractivity contribution in [3.05, 3.63) is 64.9 Å². The van der Waals surface area contributed by atoms with Crippen molar-refractivity contribution < 1.29 is 27.4 Å². The molecule has 1 aliphatic rings. The second kappa shape index (κ2) is 12.4. The van der Waals surface area contributed by atoms with Gasteiger partial charge < -0.3 is 15.2 Å². The molecule has 7 nitrogen and oxygen atoms in total. The van der Waals surface area contributed by atoms with Gasteiger partial charge in [-0.15, -0.1) is 0 Å². The molecule has 1 fully saturated rings. The van der Waals surface area contributed by atoms with Gasteiger partial charge in [0.15, 0.2) is 0 Å². The fourth-order valence-corrected chi connectivity index (χ4v) is 6.99. The summed E-state index contributed by atoms with van der Waals surface area (Å²) < 4.78 is 47.6. The van der Waals surface area contributed by atoms with Gasteiger partial charge in [0, 0.05) is 20.2 Å². The van der Waals surface area contributed by atoms with Crippen LogP contribution in [0.15, 0.2) is 53.4 Å². The molecule has 0 aliphatic heterocycles. The number of nitrogens with one attached hydrogen (secondary N) is 1. The van der Waals surface area contributed by atoms with Gasteiger partial charge in [-0.25, -0.2) is 12.8 Å². The Morgan fingerprint density at radius 2 is 1.82 bits per heavy atom. The zero-order chi connectivity index (χ0) is 28.1. The number of sulfonamides is 1. The van der Waals surface area contributed by atoms with Gasteiger partial charge in [-0.3, -0.25) is 4.79 Å². The van der Waals surface area contributed by atoms with Gasteiger partial charge in [-0.05, 0) is 49.4 Å². The Morgan fingerprint density at radius 3 is 2.37 bits per heavy atom. The summed E-state index contributed by atoms with van der Waals surface area (Å²) >= 11 is 5.88. The summed E-state index contributed by atoms with van der Waals surface area (Å²) in [7, 11) is -2.58. The number of aliphatic hydroxyl groups is 1. The van der Waals surface area contributed by atoms with E-state index in [0.29, 0.717) is 18.4 Å². The molecule has 0 unspecified atom stereocenters. The van der Waals surface area contributed by atoms with Crippen LogP contribution < -0.4 is 5.32 Å². The van der Waals surface area contributed by atoms with E-state index in [1.807, 2.05) is 19.9 Å². The molecule has 0 aromatic heterocycles. The lowest BCUT2D eigenvalue weighted by Crippen LogP contribution is -2.59. The molecule has 38 heavy (non-hydrogen) atoms. The summed E-state index contributed by atoms with van der Waals surface area (Å²) in [5.41, 5.74) is -1.38. The molecule has 1 saturated carbocycles. The molecule has 2 aromatic carbocycles. The number of hydrogen-bond acceptors (Lipinski definition) is 5. The molecule has 0 spiro atoms. The van der Waals surface area contributed by atoms with Crippen molar-refractivity contribution in [2.24, 2.45) is 11.3 Å². The van der Waals surface area contributed by atoms with Crippen molar-refractivity contribution in [1.29, 1.82) is 0 Å².